The number of nitrogens with zero attached hydrogens (tertiary/aromatic N) is 2. The average molecular weight is 373 g/mol. The van der Waals surface area contributed by atoms with E-state index in [0.29, 0.717) is 0 Å². The molecule has 0 aliphatic carbocycles. The van der Waals surface area contributed by atoms with Crippen LogP contribution in [0.15, 0.2) is 0 Å². The fourth-order valence-corrected chi connectivity index (χ4v) is 0. The summed E-state index contributed by atoms with van der Waals surface area (Å²) >= 11 is 0. The summed E-state index contributed by atoms with van der Waals surface area (Å²) in [5, 5.41) is 29.5. The summed E-state index contributed by atoms with van der Waals surface area (Å²) in [5.41, 5.74) is 0. The molecule has 2 radical (unpaired) electrons. The normalized spacial score (nSPS) is 4.80. The maximum absolute atomic E-state index is 8.25. The van der Waals surface area contributed by atoms with Gasteiger partial charge in [0.15, 0.2) is 0 Å². The summed E-state index contributed by atoms with van der Waals surface area (Å²) in [6.45, 7) is 0. The third-order valence-electron chi connectivity index (χ3n) is 0. The SMILES string of the molecule is O=[N+]([O-])[O-].O=[N+]([O-])[O-].[Ca+2].[H-].[H-].[Pb+2]. The monoisotopic (exact) mass is 374 g/mol. The Kier molecular flexibility index (Phi) is 36.5. The third kappa shape index (κ3) is 1460. The molecule has 0 unspecified atom stereocenters. The van der Waals surface area contributed by atoms with Crippen LogP contribution >= 0.6 is 0 Å². The van der Waals surface area contributed by atoms with E-state index in [1.807, 2.05) is 0 Å². The molecule has 0 rings (SSSR count). The second-order valence-corrected chi connectivity index (χ2v) is 0.447. The maximum atomic E-state index is 8.25. The first-order valence-electron chi connectivity index (χ1n) is 1.10. The fraction of sp³-hybridized carbons (Fsp3) is 0. The van der Waals surface area contributed by atoms with Crippen molar-refractivity contribution in [1.82, 2.24) is 0 Å². The van der Waals surface area contributed by atoms with Gasteiger partial charge in [-0.1, -0.05) is 0 Å². The zero-order chi connectivity index (χ0) is 7.15. The first-order chi connectivity index (χ1) is 3.46. The minimum absolute atomic E-state index is 0. The molecule has 0 aromatic heterocycles. The van der Waals surface area contributed by atoms with Crippen LogP contribution in [0, 0.1) is 30.6 Å². The topological polar surface area (TPSA) is 132 Å². The summed E-state index contributed by atoms with van der Waals surface area (Å²) in [7, 11) is 0. The molecule has 0 fully saturated rings. The van der Waals surface area contributed by atoms with Gasteiger partial charge in [-0.2, -0.15) is 0 Å². The second-order valence-electron chi connectivity index (χ2n) is 0.447. The number of hydrogen-bond acceptors (Lipinski definition) is 6. The zero-order valence-corrected chi connectivity index (χ0v) is 10.6. The van der Waals surface area contributed by atoms with Gasteiger partial charge in [0.25, 0.3) is 0 Å². The Hall–Kier alpha value is 0.582. The molecule has 8 nitrogen and oxygen atoms in total. The van der Waals surface area contributed by atoms with Gasteiger partial charge in [-0.05, 0) is 0 Å². The van der Waals surface area contributed by atoms with Gasteiger partial charge < -0.3 is 33.5 Å². The Morgan fingerprint density at radius 1 is 0.900 bits per heavy atom. The first-order valence-corrected chi connectivity index (χ1v) is 1.10. The predicted octanol–water partition coefficient (Wildman–Crippen LogP) is -1.01. The van der Waals surface area contributed by atoms with Crippen molar-refractivity contribution in [3.8, 4) is 0 Å². The molecule has 0 spiro atoms. The standard InChI is InChI=1S/Ca.2NO3.Pb.2H/c;2*2-1(3)4;;;/q+2;2*-1;+2;2*-1. The molecule has 0 aromatic carbocycles. The van der Waals surface area contributed by atoms with Gasteiger partial charge in [0.2, 0.25) is 0 Å². The summed E-state index contributed by atoms with van der Waals surface area (Å²) in [4.78, 5) is 16.5. The van der Waals surface area contributed by atoms with Gasteiger partial charge in [-0.3, -0.25) is 0 Å². The molecule has 10 heteroatoms. The molecule has 0 atom stereocenters. The predicted molar refractivity (Wildman–Crippen MR) is 34.5 cm³/mol. The van der Waals surface area contributed by atoms with Crippen LogP contribution in [-0.2, 0) is 0 Å². The van der Waals surface area contributed by atoms with E-state index in [2.05, 4.69) is 0 Å². The third-order valence-corrected chi connectivity index (χ3v) is 0. The summed E-state index contributed by atoms with van der Waals surface area (Å²) < 4.78 is 0. The van der Waals surface area contributed by atoms with Crippen molar-refractivity contribution in [3.05, 3.63) is 30.6 Å². The van der Waals surface area contributed by atoms with Gasteiger partial charge in [0.05, 0.1) is 10.2 Å². The van der Waals surface area contributed by atoms with Crippen molar-refractivity contribution >= 4 is 65.0 Å². The minimum Gasteiger partial charge on any atom is -1.00 e. The molecule has 0 aliphatic heterocycles. The van der Waals surface area contributed by atoms with E-state index in [9.17, 15) is 0 Å². The van der Waals surface area contributed by atoms with Crippen LogP contribution in [0.2, 0.25) is 0 Å². The van der Waals surface area contributed by atoms with E-state index in [0.717, 1.165) is 0 Å². The van der Waals surface area contributed by atoms with E-state index in [1.165, 1.54) is 0 Å². The molecule has 0 heterocycles. The van der Waals surface area contributed by atoms with Crippen molar-refractivity contribution < 1.29 is 13.0 Å². The Labute approximate surface area is 108 Å². The van der Waals surface area contributed by atoms with E-state index >= 15 is 0 Å². The second kappa shape index (κ2) is 16.3. The Morgan fingerprint density at radius 2 is 0.900 bits per heavy atom. The van der Waals surface area contributed by atoms with Crippen LogP contribution in [0.3, 0.4) is 0 Å². The molecule has 0 saturated heterocycles. The molecule has 0 aromatic rings. The van der Waals surface area contributed by atoms with Gasteiger partial charge in [0.1, 0.15) is 0 Å². The van der Waals surface area contributed by atoms with Crippen molar-refractivity contribution in [2.24, 2.45) is 0 Å². The van der Waals surface area contributed by atoms with Gasteiger partial charge in [-0.25, -0.2) is 0 Å². The molecular weight excluding hydrogens is 371 g/mol. The Balaban J connectivity index is -0.0000000112. The number of rotatable bonds is 0. The van der Waals surface area contributed by atoms with E-state index in [4.69, 9.17) is 30.6 Å². The molecule has 10 heavy (non-hydrogen) atoms. The van der Waals surface area contributed by atoms with Crippen LogP contribution < -0.4 is 0 Å². The molecule has 0 N–H and O–H groups in total. The largest absolute Gasteiger partial charge is 2.00 e. The van der Waals surface area contributed by atoms with Crippen molar-refractivity contribution in [1.29, 1.82) is 0 Å². The fourth-order valence-electron chi connectivity index (χ4n) is 0. The maximum Gasteiger partial charge on any atom is 2.00 e. The van der Waals surface area contributed by atoms with E-state index in [-0.39, 0.29) is 67.9 Å². The molecular formula is H2CaN2O6Pb. The van der Waals surface area contributed by atoms with Gasteiger partial charge in [-0.15, -0.1) is 0 Å². The smallest absolute Gasteiger partial charge is 1.00 e. The van der Waals surface area contributed by atoms with Crippen LogP contribution in [0.25, 0.3) is 0 Å². The average Bonchev–Trinajstić information content (AvgIpc) is 1.25. The van der Waals surface area contributed by atoms with Crippen LogP contribution in [0.4, 0.5) is 0 Å². The van der Waals surface area contributed by atoms with Crippen molar-refractivity contribution in [3.63, 3.8) is 0 Å². The molecule has 54 valence electrons. The van der Waals surface area contributed by atoms with Crippen LogP contribution in [-0.4, -0.2) is 75.2 Å². The Morgan fingerprint density at radius 3 is 0.900 bits per heavy atom. The molecule has 0 amide bonds. The number of hydrogen-bond donors (Lipinski definition) is 0. The molecule has 0 bridgehead atoms. The quantitative estimate of drug-likeness (QED) is 0.303. The summed E-state index contributed by atoms with van der Waals surface area (Å²) in [6, 6.07) is 0. The van der Waals surface area contributed by atoms with Crippen molar-refractivity contribution in [2.45, 2.75) is 0 Å². The first kappa shape index (κ1) is 22.4. The Bertz CT molecular complexity index is 81.5. The zero-order valence-electron chi connectivity index (χ0n) is 6.55. The van der Waals surface area contributed by atoms with Crippen molar-refractivity contribution in [2.75, 3.05) is 0 Å². The van der Waals surface area contributed by atoms with E-state index in [1.54, 1.807) is 0 Å². The molecule has 0 saturated carbocycles. The van der Waals surface area contributed by atoms with Gasteiger partial charge in [0, 0.05) is 0 Å². The van der Waals surface area contributed by atoms with Gasteiger partial charge >= 0.3 is 65.0 Å². The summed E-state index contributed by atoms with van der Waals surface area (Å²) in [5.74, 6) is 0. The molecule has 0 aliphatic rings. The van der Waals surface area contributed by atoms with E-state index < -0.39 is 10.2 Å². The summed E-state index contributed by atoms with van der Waals surface area (Å²) in [6.07, 6.45) is 0. The van der Waals surface area contributed by atoms with Crippen LogP contribution in [0.5, 0.6) is 0 Å². The minimum atomic E-state index is -1.75. The van der Waals surface area contributed by atoms with Crippen LogP contribution in [0.1, 0.15) is 2.85 Å².